The highest BCUT2D eigenvalue weighted by Crippen LogP contribution is 2.05. The first-order chi connectivity index (χ1) is 13.9. The van der Waals surface area contributed by atoms with Crippen molar-refractivity contribution in [2.45, 2.75) is 13.1 Å². The molecule has 4 aromatic rings. The summed E-state index contributed by atoms with van der Waals surface area (Å²) in [5.74, 6) is -0.486. The van der Waals surface area contributed by atoms with E-state index in [9.17, 15) is 14.4 Å². The minimum absolute atomic E-state index is 0.0948. The largest absolute Gasteiger partial charge is 0.332 e. The van der Waals surface area contributed by atoms with Gasteiger partial charge in [-0.25, -0.2) is 24.0 Å². The van der Waals surface area contributed by atoms with Crippen LogP contribution < -0.4 is 16.6 Å². The van der Waals surface area contributed by atoms with Gasteiger partial charge >= 0.3 is 5.69 Å². The van der Waals surface area contributed by atoms with Crippen LogP contribution in [0.15, 0.2) is 52.6 Å². The average Bonchev–Trinajstić information content (AvgIpc) is 3.30. The number of imidazole rings is 1. The molecule has 1 aromatic carbocycles. The van der Waals surface area contributed by atoms with Gasteiger partial charge in [0.25, 0.3) is 5.56 Å². The summed E-state index contributed by atoms with van der Waals surface area (Å²) in [4.78, 5) is 45.6. The van der Waals surface area contributed by atoms with E-state index in [-0.39, 0.29) is 17.1 Å². The van der Waals surface area contributed by atoms with E-state index in [1.165, 1.54) is 28.8 Å². The first kappa shape index (κ1) is 18.3. The molecule has 1 N–H and O–H groups in total. The van der Waals surface area contributed by atoms with Crippen LogP contribution in [0.3, 0.4) is 0 Å². The molecule has 0 aliphatic rings. The van der Waals surface area contributed by atoms with Gasteiger partial charge < -0.3 is 4.57 Å². The van der Waals surface area contributed by atoms with Gasteiger partial charge in [0, 0.05) is 14.1 Å². The lowest BCUT2D eigenvalue weighted by molar-refractivity contribution is -0.116. The minimum Gasteiger partial charge on any atom is -0.328 e. The van der Waals surface area contributed by atoms with Gasteiger partial charge in [0.1, 0.15) is 12.9 Å². The van der Waals surface area contributed by atoms with Crippen molar-refractivity contribution < 1.29 is 4.79 Å². The number of carbonyl (C=O) groups is 1. The van der Waals surface area contributed by atoms with E-state index in [1.807, 2.05) is 30.3 Å². The second kappa shape index (κ2) is 7.19. The summed E-state index contributed by atoms with van der Waals surface area (Å²) in [6, 6.07) is 9.68. The van der Waals surface area contributed by atoms with E-state index >= 15 is 0 Å². The topological polar surface area (TPSA) is 122 Å². The molecule has 3 heterocycles. The minimum atomic E-state index is -0.626. The van der Waals surface area contributed by atoms with Crippen LogP contribution in [0.5, 0.6) is 0 Å². The molecule has 0 saturated heterocycles. The number of aromatic nitrogens is 7. The summed E-state index contributed by atoms with van der Waals surface area (Å²) in [5, 5.41) is 6.71. The van der Waals surface area contributed by atoms with E-state index in [0.717, 1.165) is 10.1 Å². The zero-order chi connectivity index (χ0) is 20.5. The predicted molar refractivity (Wildman–Crippen MR) is 104 cm³/mol. The normalized spacial score (nSPS) is 11.1. The molecule has 0 aliphatic heterocycles. The standard InChI is InChI=1S/C18H18N8O3/c1-23-10-19-15-14(23)16(28)26(18(29)24(15)2)9-13(27)21-17-20-11-25(22-17)8-12-6-4-3-5-7-12/h3-7,10-11H,8-9H2,1-2H3,(H,21,22,27). The number of amides is 1. The van der Waals surface area contributed by atoms with Crippen molar-refractivity contribution in [3.05, 3.63) is 69.4 Å². The van der Waals surface area contributed by atoms with E-state index in [4.69, 9.17) is 0 Å². The van der Waals surface area contributed by atoms with E-state index in [1.54, 1.807) is 11.7 Å². The summed E-state index contributed by atoms with van der Waals surface area (Å²) in [7, 11) is 3.15. The van der Waals surface area contributed by atoms with Crippen LogP contribution in [0, 0.1) is 0 Å². The lowest BCUT2D eigenvalue weighted by atomic mass is 10.2. The molecule has 11 nitrogen and oxygen atoms in total. The fraction of sp³-hybridized carbons (Fsp3) is 0.222. The molecule has 0 atom stereocenters. The summed E-state index contributed by atoms with van der Waals surface area (Å²) < 4.78 is 5.19. The number of anilines is 1. The predicted octanol–water partition coefficient (Wildman–Crippen LogP) is -0.288. The Morgan fingerprint density at radius 1 is 1.07 bits per heavy atom. The van der Waals surface area contributed by atoms with Gasteiger partial charge in [0.2, 0.25) is 11.9 Å². The van der Waals surface area contributed by atoms with Gasteiger partial charge in [-0.2, -0.15) is 0 Å². The first-order valence-electron chi connectivity index (χ1n) is 8.78. The van der Waals surface area contributed by atoms with Crippen molar-refractivity contribution in [2.24, 2.45) is 14.1 Å². The third kappa shape index (κ3) is 3.45. The van der Waals surface area contributed by atoms with Crippen LogP contribution in [0.1, 0.15) is 5.56 Å². The fourth-order valence-electron chi connectivity index (χ4n) is 3.04. The second-order valence-corrected chi connectivity index (χ2v) is 6.56. The summed E-state index contributed by atoms with van der Waals surface area (Å²) in [5.41, 5.74) is 0.334. The Hall–Kier alpha value is -4.02. The van der Waals surface area contributed by atoms with Gasteiger partial charge in [-0.3, -0.25) is 19.5 Å². The molecular formula is C18H18N8O3. The van der Waals surface area contributed by atoms with Gasteiger partial charge in [-0.1, -0.05) is 30.3 Å². The highest BCUT2D eigenvalue weighted by atomic mass is 16.2. The summed E-state index contributed by atoms with van der Waals surface area (Å²) in [6.07, 6.45) is 2.94. The van der Waals surface area contributed by atoms with Crippen molar-refractivity contribution in [3.8, 4) is 0 Å². The Balaban J connectivity index is 1.53. The zero-order valence-electron chi connectivity index (χ0n) is 15.8. The fourth-order valence-corrected chi connectivity index (χ4v) is 3.04. The molecule has 0 bridgehead atoms. The SMILES string of the molecule is Cn1cnc2c1c(=O)n(CC(=O)Nc1ncn(Cc3ccccc3)n1)c(=O)n2C. The first-order valence-corrected chi connectivity index (χ1v) is 8.78. The molecule has 0 fully saturated rings. The van der Waals surface area contributed by atoms with E-state index < -0.39 is 23.7 Å². The number of carbonyl (C=O) groups excluding carboxylic acids is 1. The number of nitrogens with zero attached hydrogens (tertiary/aromatic N) is 7. The molecule has 148 valence electrons. The molecule has 11 heteroatoms. The lowest BCUT2D eigenvalue weighted by Gasteiger charge is -2.08. The van der Waals surface area contributed by atoms with Crippen LogP contribution >= 0.6 is 0 Å². The van der Waals surface area contributed by atoms with Crippen LogP contribution in [0.2, 0.25) is 0 Å². The van der Waals surface area contributed by atoms with E-state index in [0.29, 0.717) is 6.54 Å². The molecule has 3 aromatic heterocycles. The number of fused-ring (bicyclic) bond motifs is 1. The number of benzene rings is 1. The van der Waals surface area contributed by atoms with Crippen molar-refractivity contribution in [3.63, 3.8) is 0 Å². The zero-order valence-corrected chi connectivity index (χ0v) is 15.8. The van der Waals surface area contributed by atoms with Crippen LogP contribution in [-0.2, 0) is 32.0 Å². The number of nitrogens with one attached hydrogen (secondary N) is 1. The Labute approximate surface area is 163 Å². The molecule has 0 spiro atoms. The maximum absolute atomic E-state index is 12.7. The summed E-state index contributed by atoms with van der Waals surface area (Å²) >= 11 is 0. The van der Waals surface area contributed by atoms with Gasteiger partial charge in [-0.15, -0.1) is 5.10 Å². The monoisotopic (exact) mass is 394 g/mol. The molecule has 0 radical (unpaired) electrons. The maximum Gasteiger partial charge on any atom is 0.332 e. The van der Waals surface area contributed by atoms with Crippen molar-refractivity contribution in [1.82, 2.24) is 33.4 Å². The molecule has 0 unspecified atom stereocenters. The Kier molecular flexibility index (Phi) is 4.55. The van der Waals surface area contributed by atoms with Crippen molar-refractivity contribution in [1.29, 1.82) is 0 Å². The van der Waals surface area contributed by atoms with Gasteiger partial charge in [0.05, 0.1) is 12.9 Å². The number of aryl methyl sites for hydroxylation is 2. The lowest BCUT2D eigenvalue weighted by Crippen LogP contribution is -2.42. The van der Waals surface area contributed by atoms with Crippen molar-refractivity contribution >= 4 is 23.0 Å². The second-order valence-electron chi connectivity index (χ2n) is 6.56. The smallest absolute Gasteiger partial charge is 0.328 e. The van der Waals surface area contributed by atoms with Crippen LogP contribution in [-0.4, -0.2) is 39.4 Å². The van der Waals surface area contributed by atoms with Crippen LogP contribution in [0.25, 0.3) is 11.2 Å². The number of rotatable bonds is 5. The molecule has 0 aliphatic carbocycles. The van der Waals surface area contributed by atoms with Crippen molar-refractivity contribution in [2.75, 3.05) is 5.32 Å². The molecule has 1 amide bonds. The summed E-state index contributed by atoms with van der Waals surface area (Å²) in [6.45, 7) is 0.0424. The molecule has 0 saturated carbocycles. The third-order valence-electron chi connectivity index (χ3n) is 4.48. The quantitative estimate of drug-likeness (QED) is 0.497. The molecule has 4 rings (SSSR count). The number of hydrogen-bond donors (Lipinski definition) is 1. The van der Waals surface area contributed by atoms with Gasteiger partial charge in [-0.05, 0) is 5.56 Å². The molecular weight excluding hydrogens is 376 g/mol. The third-order valence-corrected chi connectivity index (χ3v) is 4.48. The Morgan fingerprint density at radius 2 is 1.83 bits per heavy atom. The van der Waals surface area contributed by atoms with Crippen LogP contribution in [0.4, 0.5) is 5.95 Å². The Bertz CT molecular complexity index is 1310. The maximum atomic E-state index is 12.7. The van der Waals surface area contributed by atoms with Gasteiger partial charge in [0.15, 0.2) is 11.2 Å². The number of hydrogen-bond acceptors (Lipinski definition) is 6. The average molecular weight is 394 g/mol. The van der Waals surface area contributed by atoms with E-state index in [2.05, 4.69) is 20.4 Å². The highest BCUT2D eigenvalue weighted by molar-refractivity contribution is 5.88. The highest BCUT2D eigenvalue weighted by Gasteiger charge is 2.17. The Morgan fingerprint density at radius 3 is 2.59 bits per heavy atom. The molecule has 29 heavy (non-hydrogen) atoms.